The molecule has 10 heteroatoms. The number of hydrogen-bond acceptors (Lipinski definition) is 5. The molecule has 0 bridgehead atoms. The van der Waals surface area contributed by atoms with Crippen LogP contribution in [0.2, 0.25) is 15.1 Å². The van der Waals surface area contributed by atoms with Crippen LogP contribution in [0.15, 0.2) is 35.9 Å². The van der Waals surface area contributed by atoms with Crippen LogP contribution in [-0.4, -0.2) is 23.5 Å². The predicted molar refractivity (Wildman–Crippen MR) is 120 cm³/mol. The molecule has 0 atom stereocenters. The zero-order valence-electron chi connectivity index (χ0n) is 15.6. The first-order valence-corrected chi connectivity index (χ1v) is 10.2. The van der Waals surface area contributed by atoms with E-state index in [-0.39, 0.29) is 22.3 Å². The largest absolute Gasteiger partial charge is 0.490 e. The Morgan fingerprint density at radius 3 is 2.30 bits per heavy atom. The Hall–Kier alpha value is -2.32. The van der Waals surface area contributed by atoms with E-state index in [1.54, 1.807) is 30.3 Å². The van der Waals surface area contributed by atoms with Gasteiger partial charge in [0.05, 0.1) is 21.7 Å². The van der Waals surface area contributed by atoms with E-state index < -0.39 is 11.8 Å². The van der Waals surface area contributed by atoms with Crippen LogP contribution in [0.25, 0.3) is 6.08 Å². The first kappa shape index (κ1) is 22.4. The predicted octanol–water partition coefficient (Wildman–Crippen LogP) is 4.54. The third kappa shape index (κ3) is 5.23. The fraction of sp³-hybridized carbons (Fsp3) is 0.150. The van der Waals surface area contributed by atoms with Gasteiger partial charge in [-0.15, -0.1) is 0 Å². The van der Waals surface area contributed by atoms with Crippen molar-refractivity contribution >= 4 is 70.0 Å². The van der Waals surface area contributed by atoms with Gasteiger partial charge in [-0.3, -0.25) is 20.2 Å². The molecule has 1 heterocycles. The molecule has 0 saturated carbocycles. The molecule has 6 nitrogen and oxygen atoms in total. The fourth-order valence-corrected chi connectivity index (χ4v) is 3.41. The lowest BCUT2D eigenvalue weighted by atomic mass is 10.1. The number of rotatable bonds is 6. The summed E-state index contributed by atoms with van der Waals surface area (Å²) in [5.74, 6) is -0.509. The highest BCUT2D eigenvalue weighted by molar-refractivity contribution is 7.80. The maximum absolute atomic E-state index is 12.1. The van der Waals surface area contributed by atoms with E-state index in [0.717, 1.165) is 5.56 Å². The van der Waals surface area contributed by atoms with Gasteiger partial charge < -0.3 is 9.47 Å². The van der Waals surface area contributed by atoms with Crippen LogP contribution in [0.3, 0.4) is 0 Å². The Balaban J connectivity index is 1.89. The summed E-state index contributed by atoms with van der Waals surface area (Å²) in [7, 11) is 0. The highest BCUT2D eigenvalue weighted by atomic mass is 35.5. The van der Waals surface area contributed by atoms with Crippen LogP contribution in [0.5, 0.6) is 11.5 Å². The van der Waals surface area contributed by atoms with Gasteiger partial charge in [0.1, 0.15) is 12.2 Å². The third-order valence-corrected chi connectivity index (χ3v) is 5.18. The van der Waals surface area contributed by atoms with Crippen LogP contribution in [0.1, 0.15) is 18.1 Å². The molecule has 2 N–H and O–H groups in total. The van der Waals surface area contributed by atoms with E-state index in [1.807, 2.05) is 6.92 Å². The number of nitrogens with one attached hydrogen (secondary N) is 2. The summed E-state index contributed by atoms with van der Waals surface area (Å²) in [5.41, 5.74) is 1.17. The molecule has 0 radical (unpaired) electrons. The quantitative estimate of drug-likeness (QED) is 0.357. The highest BCUT2D eigenvalue weighted by Gasteiger charge is 2.26. The van der Waals surface area contributed by atoms with E-state index in [4.69, 9.17) is 56.5 Å². The number of carbonyl (C=O) groups excluding carboxylic acids is 2. The van der Waals surface area contributed by atoms with E-state index in [1.165, 1.54) is 6.08 Å². The van der Waals surface area contributed by atoms with E-state index >= 15 is 0 Å². The standard InChI is InChI=1S/C20H15Cl3N2O4S/c1-2-28-16-8-11(5-12-18(26)24-20(30)25-19(12)27)7-15(23)17(16)29-9-10-3-4-13(21)14(22)6-10/h3-8H,2,9H2,1H3,(H2,24,25,26,27,30). The van der Waals surface area contributed by atoms with Crippen LogP contribution >= 0.6 is 47.0 Å². The van der Waals surface area contributed by atoms with Crippen LogP contribution in [-0.2, 0) is 16.2 Å². The van der Waals surface area contributed by atoms with E-state index in [9.17, 15) is 9.59 Å². The van der Waals surface area contributed by atoms with Crippen LogP contribution in [0.4, 0.5) is 0 Å². The molecule has 2 aromatic rings. The Labute approximate surface area is 193 Å². The van der Waals surface area contributed by atoms with Crippen molar-refractivity contribution in [2.75, 3.05) is 6.61 Å². The third-order valence-electron chi connectivity index (χ3n) is 3.95. The van der Waals surface area contributed by atoms with Crippen molar-refractivity contribution in [2.24, 2.45) is 0 Å². The van der Waals surface area contributed by atoms with Crippen molar-refractivity contribution in [3.63, 3.8) is 0 Å². The number of halogens is 3. The number of thiocarbonyl (C=S) groups is 1. The Kier molecular flexibility index (Phi) is 7.20. The van der Waals surface area contributed by atoms with Gasteiger partial charge in [0.2, 0.25) is 0 Å². The first-order valence-electron chi connectivity index (χ1n) is 8.70. The molecule has 1 saturated heterocycles. The number of amides is 2. The minimum Gasteiger partial charge on any atom is -0.490 e. The topological polar surface area (TPSA) is 76.7 Å². The van der Waals surface area contributed by atoms with Gasteiger partial charge in [-0.1, -0.05) is 40.9 Å². The molecule has 0 spiro atoms. The molecule has 2 amide bonds. The Bertz CT molecular complexity index is 1050. The lowest BCUT2D eigenvalue weighted by molar-refractivity contribution is -0.123. The van der Waals surface area contributed by atoms with E-state index in [2.05, 4.69) is 10.6 Å². The van der Waals surface area contributed by atoms with E-state index in [0.29, 0.717) is 33.7 Å². The average Bonchev–Trinajstić information content (AvgIpc) is 2.67. The Morgan fingerprint density at radius 2 is 1.67 bits per heavy atom. The number of carbonyl (C=O) groups is 2. The summed E-state index contributed by atoms with van der Waals surface area (Å²) < 4.78 is 11.5. The van der Waals surface area contributed by atoms with Gasteiger partial charge in [0.25, 0.3) is 11.8 Å². The van der Waals surface area contributed by atoms with Gasteiger partial charge in [-0.2, -0.15) is 0 Å². The number of ether oxygens (including phenoxy) is 2. The van der Waals surface area contributed by atoms with Gasteiger partial charge in [-0.05, 0) is 60.6 Å². The molecule has 1 fully saturated rings. The second-order valence-electron chi connectivity index (χ2n) is 6.10. The number of benzene rings is 2. The molecule has 1 aliphatic rings. The lowest BCUT2D eigenvalue weighted by Gasteiger charge is -2.17. The van der Waals surface area contributed by atoms with Crippen molar-refractivity contribution in [3.8, 4) is 11.5 Å². The fourth-order valence-electron chi connectivity index (χ4n) is 2.63. The smallest absolute Gasteiger partial charge is 0.263 e. The zero-order valence-corrected chi connectivity index (χ0v) is 18.6. The first-order chi connectivity index (χ1) is 14.3. The van der Waals surface area contributed by atoms with Crippen molar-refractivity contribution in [3.05, 3.63) is 62.1 Å². The van der Waals surface area contributed by atoms with Gasteiger partial charge in [0.15, 0.2) is 16.6 Å². The van der Waals surface area contributed by atoms with Gasteiger partial charge >= 0.3 is 0 Å². The minimum atomic E-state index is -0.599. The number of hydrogen-bond donors (Lipinski definition) is 2. The normalized spacial score (nSPS) is 13.6. The minimum absolute atomic E-state index is 0.0405. The van der Waals surface area contributed by atoms with Crippen molar-refractivity contribution in [1.29, 1.82) is 0 Å². The summed E-state index contributed by atoms with van der Waals surface area (Å²) >= 11 is 23.2. The molecule has 0 aliphatic carbocycles. The molecule has 156 valence electrons. The maximum Gasteiger partial charge on any atom is 0.263 e. The summed E-state index contributed by atoms with van der Waals surface area (Å²) in [6.07, 6.45) is 1.39. The molecular weight excluding hydrogens is 471 g/mol. The summed E-state index contributed by atoms with van der Waals surface area (Å²) in [5, 5.41) is 5.82. The SMILES string of the molecule is CCOc1cc(C=C2C(=O)NC(=S)NC2=O)cc(Cl)c1OCc1ccc(Cl)c(Cl)c1. The summed E-state index contributed by atoms with van der Waals surface area (Å²) in [4.78, 5) is 24.1. The summed E-state index contributed by atoms with van der Waals surface area (Å²) in [6, 6.07) is 8.34. The van der Waals surface area contributed by atoms with Crippen LogP contribution in [0, 0.1) is 0 Å². The maximum atomic E-state index is 12.1. The molecule has 1 aliphatic heterocycles. The van der Waals surface area contributed by atoms with Gasteiger partial charge in [0, 0.05) is 0 Å². The highest BCUT2D eigenvalue weighted by Crippen LogP contribution is 2.38. The zero-order chi connectivity index (χ0) is 21.8. The molecule has 2 aromatic carbocycles. The van der Waals surface area contributed by atoms with Crippen molar-refractivity contribution in [2.45, 2.75) is 13.5 Å². The van der Waals surface area contributed by atoms with Crippen molar-refractivity contribution < 1.29 is 19.1 Å². The summed E-state index contributed by atoms with van der Waals surface area (Å²) in [6.45, 7) is 2.35. The van der Waals surface area contributed by atoms with Gasteiger partial charge in [-0.25, -0.2) is 0 Å². The average molecular weight is 486 g/mol. The van der Waals surface area contributed by atoms with Crippen molar-refractivity contribution in [1.82, 2.24) is 10.6 Å². The monoisotopic (exact) mass is 484 g/mol. The molecular formula is C20H15Cl3N2O4S. The second-order valence-corrected chi connectivity index (χ2v) is 7.73. The molecule has 0 unspecified atom stereocenters. The molecule has 0 aromatic heterocycles. The Morgan fingerprint density at radius 1 is 0.967 bits per heavy atom. The van der Waals surface area contributed by atoms with Crippen LogP contribution < -0.4 is 20.1 Å². The second kappa shape index (κ2) is 9.66. The molecule has 3 rings (SSSR count). The lowest BCUT2D eigenvalue weighted by Crippen LogP contribution is -2.51. The molecule has 30 heavy (non-hydrogen) atoms.